The lowest BCUT2D eigenvalue weighted by atomic mass is 9.83. The summed E-state index contributed by atoms with van der Waals surface area (Å²) in [7, 11) is 0. The van der Waals surface area contributed by atoms with E-state index in [1.165, 1.54) is 31.2 Å². The molecule has 0 amide bonds. The first kappa shape index (κ1) is 29.3. The van der Waals surface area contributed by atoms with Crippen molar-refractivity contribution in [1.29, 1.82) is 0 Å². The lowest BCUT2D eigenvalue weighted by molar-refractivity contribution is 0.420. The quantitative estimate of drug-likeness (QED) is 0.174. The molecule has 7 aromatic rings. The molecule has 6 nitrogen and oxygen atoms in total. The number of rotatable bonds is 7. The minimum Gasteiger partial charge on any atom is -0.208 e. The molecule has 236 valence electrons. The Balaban J connectivity index is 1.10. The fourth-order valence-electron chi connectivity index (χ4n) is 7.62. The van der Waals surface area contributed by atoms with Gasteiger partial charge < -0.3 is 0 Å². The second-order valence-corrected chi connectivity index (χ2v) is 13.2. The predicted octanol–water partition coefficient (Wildman–Crippen LogP) is 9.96. The molecule has 0 radical (unpaired) electrons. The summed E-state index contributed by atoms with van der Waals surface area (Å²) in [6.07, 6.45) is 5.44. The van der Waals surface area contributed by atoms with Gasteiger partial charge in [-0.3, -0.25) is 0 Å². The van der Waals surface area contributed by atoms with Gasteiger partial charge in [0.05, 0.1) is 0 Å². The first-order valence-electron chi connectivity index (χ1n) is 17.1. The molecule has 3 unspecified atom stereocenters. The highest BCUT2D eigenvalue weighted by Crippen LogP contribution is 2.53. The highest BCUT2D eigenvalue weighted by Gasteiger charge is 2.40. The Morgan fingerprint density at radius 2 is 0.735 bits per heavy atom. The van der Waals surface area contributed by atoms with E-state index in [-0.39, 0.29) is 0 Å². The first-order valence-corrected chi connectivity index (χ1v) is 17.1. The van der Waals surface area contributed by atoms with Crippen LogP contribution in [0.15, 0.2) is 140 Å². The summed E-state index contributed by atoms with van der Waals surface area (Å²) in [4.78, 5) is 29.7. The van der Waals surface area contributed by atoms with E-state index < -0.39 is 0 Å². The van der Waals surface area contributed by atoms with Crippen LogP contribution in [0.4, 0.5) is 0 Å². The summed E-state index contributed by atoms with van der Waals surface area (Å²) in [6.45, 7) is 0. The van der Waals surface area contributed by atoms with Crippen molar-refractivity contribution in [3.8, 4) is 68.3 Å². The maximum absolute atomic E-state index is 5.06. The Kier molecular flexibility index (Phi) is 7.54. The zero-order chi connectivity index (χ0) is 32.6. The SMILES string of the molecule is c1ccc(-c2nc(-c3ccccc3)nc(-c3ccc(-c4nc(-c5ccccc5)nc(-c5cccc(C6CC7CCC6C7)c5)n4)cc3)n2)cc1. The van der Waals surface area contributed by atoms with Gasteiger partial charge in [0.1, 0.15) is 0 Å². The number of hydrogen-bond donors (Lipinski definition) is 0. The maximum atomic E-state index is 5.06. The molecule has 2 aliphatic carbocycles. The lowest BCUT2D eigenvalue weighted by Crippen LogP contribution is -2.08. The van der Waals surface area contributed by atoms with Crippen LogP contribution in [0.3, 0.4) is 0 Å². The number of fused-ring (bicyclic) bond motifs is 2. The van der Waals surface area contributed by atoms with E-state index in [0.717, 1.165) is 45.2 Å². The number of aromatic nitrogens is 6. The van der Waals surface area contributed by atoms with Crippen molar-refractivity contribution in [2.75, 3.05) is 0 Å². The molecule has 6 heteroatoms. The monoisotopic (exact) mass is 634 g/mol. The second kappa shape index (κ2) is 12.6. The molecule has 2 aliphatic rings. The van der Waals surface area contributed by atoms with E-state index in [9.17, 15) is 0 Å². The van der Waals surface area contributed by atoms with E-state index in [1.54, 1.807) is 0 Å². The van der Waals surface area contributed by atoms with Gasteiger partial charge in [0.15, 0.2) is 34.9 Å². The molecule has 9 rings (SSSR count). The van der Waals surface area contributed by atoms with Gasteiger partial charge in [-0.1, -0.05) is 140 Å². The summed E-state index contributed by atoms with van der Waals surface area (Å²) in [5.74, 6) is 6.20. The summed E-state index contributed by atoms with van der Waals surface area (Å²) in [5.41, 5.74) is 7.07. The van der Waals surface area contributed by atoms with Crippen LogP contribution in [-0.4, -0.2) is 29.9 Å². The van der Waals surface area contributed by atoms with Crippen LogP contribution >= 0.6 is 0 Å². The third-order valence-electron chi connectivity index (χ3n) is 10.1. The van der Waals surface area contributed by atoms with Crippen molar-refractivity contribution in [2.24, 2.45) is 11.8 Å². The molecule has 3 atom stereocenters. The van der Waals surface area contributed by atoms with Gasteiger partial charge in [-0.15, -0.1) is 0 Å². The molecule has 2 saturated carbocycles. The zero-order valence-corrected chi connectivity index (χ0v) is 27.0. The Morgan fingerprint density at radius 1 is 0.347 bits per heavy atom. The van der Waals surface area contributed by atoms with E-state index >= 15 is 0 Å². The zero-order valence-electron chi connectivity index (χ0n) is 27.0. The van der Waals surface area contributed by atoms with E-state index in [1.807, 2.05) is 115 Å². The molecule has 49 heavy (non-hydrogen) atoms. The molecule has 2 fully saturated rings. The summed E-state index contributed by atoms with van der Waals surface area (Å²) in [5, 5.41) is 0. The Hall–Kier alpha value is -5.88. The van der Waals surface area contributed by atoms with Crippen LogP contribution in [-0.2, 0) is 0 Å². The van der Waals surface area contributed by atoms with Crippen LogP contribution in [0.25, 0.3) is 68.3 Å². The van der Waals surface area contributed by atoms with E-state index in [2.05, 4.69) is 24.3 Å². The van der Waals surface area contributed by atoms with Gasteiger partial charge in [0.25, 0.3) is 0 Å². The van der Waals surface area contributed by atoms with Crippen molar-refractivity contribution in [3.05, 3.63) is 145 Å². The minimum atomic E-state index is 0.609. The summed E-state index contributed by atoms with van der Waals surface area (Å²) < 4.78 is 0. The summed E-state index contributed by atoms with van der Waals surface area (Å²) >= 11 is 0. The van der Waals surface area contributed by atoms with Crippen molar-refractivity contribution in [3.63, 3.8) is 0 Å². The molecule has 2 bridgehead atoms. The average molecular weight is 635 g/mol. The third-order valence-corrected chi connectivity index (χ3v) is 10.1. The third kappa shape index (κ3) is 5.91. The Bertz CT molecular complexity index is 2180. The normalized spacial score (nSPS) is 18.1. The first-order chi connectivity index (χ1) is 24.2. The number of benzene rings is 5. The van der Waals surface area contributed by atoms with Crippen molar-refractivity contribution < 1.29 is 0 Å². The molecule has 5 aromatic carbocycles. The van der Waals surface area contributed by atoms with Crippen LogP contribution < -0.4 is 0 Å². The van der Waals surface area contributed by atoms with Crippen molar-refractivity contribution in [2.45, 2.75) is 31.6 Å². The van der Waals surface area contributed by atoms with Gasteiger partial charge >= 0.3 is 0 Å². The smallest absolute Gasteiger partial charge is 0.164 e. The lowest BCUT2D eigenvalue weighted by Gasteiger charge is -2.22. The summed E-state index contributed by atoms with van der Waals surface area (Å²) in [6, 6.07) is 47.3. The van der Waals surface area contributed by atoms with Crippen LogP contribution in [0.2, 0.25) is 0 Å². The highest BCUT2D eigenvalue weighted by atomic mass is 15.0. The standard InChI is InChI=1S/C43H34N6/c1-4-11-29(12-5-1)38-44-39(30-13-6-2-7-14-30)46-41(45-38)32-21-23-33(24-22-32)42-47-40(31-15-8-3-9-16-31)48-43(49-42)36-18-10-17-34(27-36)37-26-28-19-20-35(37)25-28/h1-18,21-24,27-28,35,37H,19-20,25-26H2. The fourth-order valence-corrected chi connectivity index (χ4v) is 7.62. The van der Waals surface area contributed by atoms with Crippen LogP contribution in [0, 0.1) is 11.8 Å². The van der Waals surface area contributed by atoms with Crippen LogP contribution in [0.1, 0.15) is 37.2 Å². The number of nitrogens with zero attached hydrogens (tertiary/aromatic N) is 6. The van der Waals surface area contributed by atoms with Gasteiger partial charge in [-0.05, 0) is 48.6 Å². The van der Waals surface area contributed by atoms with Gasteiger partial charge in [-0.2, -0.15) is 0 Å². The van der Waals surface area contributed by atoms with E-state index in [0.29, 0.717) is 40.9 Å². The van der Waals surface area contributed by atoms with Crippen molar-refractivity contribution >= 4 is 0 Å². The fraction of sp³-hybridized carbons (Fsp3) is 0.163. The maximum Gasteiger partial charge on any atom is 0.164 e. The van der Waals surface area contributed by atoms with E-state index in [4.69, 9.17) is 29.9 Å². The molecule has 2 aromatic heterocycles. The topological polar surface area (TPSA) is 77.3 Å². The Morgan fingerprint density at radius 3 is 1.12 bits per heavy atom. The second-order valence-electron chi connectivity index (χ2n) is 13.2. The molecule has 0 saturated heterocycles. The molecule has 2 heterocycles. The van der Waals surface area contributed by atoms with Crippen molar-refractivity contribution in [1.82, 2.24) is 29.9 Å². The highest BCUT2D eigenvalue weighted by molar-refractivity contribution is 5.71. The Labute approximate surface area is 286 Å². The molecule has 0 spiro atoms. The average Bonchev–Trinajstić information content (AvgIpc) is 3.84. The minimum absolute atomic E-state index is 0.609. The predicted molar refractivity (Wildman–Crippen MR) is 194 cm³/mol. The van der Waals surface area contributed by atoms with Crippen LogP contribution in [0.5, 0.6) is 0 Å². The molecule has 0 N–H and O–H groups in total. The molecular weight excluding hydrogens is 601 g/mol. The van der Waals surface area contributed by atoms with Gasteiger partial charge in [0.2, 0.25) is 0 Å². The number of hydrogen-bond acceptors (Lipinski definition) is 6. The molecular formula is C43H34N6. The van der Waals surface area contributed by atoms with Gasteiger partial charge in [0, 0.05) is 33.4 Å². The largest absolute Gasteiger partial charge is 0.208 e. The molecule has 0 aliphatic heterocycles. The van der Waals surface area contributed by atoms with Gasteiger partial charge in [-0.25, -0.2) is 29.9 Å².